The van der Waals surface area contributed by atoms with Crippen LogP contribution >= 0.6 is 0 Å². The molecule has 0 saturated heterocycles. The Morgan fingerprint density at radius 1 is 1.44 bits per heavy atom. The molecule has 1 heterocycles. The summed E-state index contributed by atoms with van der Waals surface area (Å²) in [6.45, 7) is 4.06. The van der Waals surface area contributed by atoms with E-state index in [4.69, 9.17) is 0 Å². The van der Waals surface area contributed by atoms with Crippen LogP contribution in [0.4, 0.5) is 0 Å². The van der Waals surface area contributed by atoms with Crippen molar-refractivity contribution in [2.75, 3.05) is 0 Å². The maximum atomic E-state index is 4.26. The van der Waals surface area contributed by atoms with Crippen LogP contribution in [-0.4, -0.2) is 9.97 Å². The third kappa shape index (κ3) is 2.00. The van der Waals surface area contributed by atoms with Gasteiger partial charge in [-0.1, -0.05) is 0 Å². The van der Waals surface area contributed by atoms with E-state index in [0.717, 1.165) is 6.56 Å². The van der Waals surface area contributed by atoms with Gasteiger partial charge in [-0.15, -0.1) is 0 Å². The molecule has 9 heavy (non-hydrogen) atoms. The number of nitrogens with zero attached hydrogens (tertiary/aromatic N) is 2. The van der Waals surface area contributed by atoms with Gasteiger partial charge >= 0.3 is 84.9 Å². The molecule has 0 bridgehead atoms. The van der Waals surface area contributed by atoms with Gasteiger partial charge in [0.05, 0.1) is 0 Å². The van der Waals surface area contributed by atoms with Gasteiger partial charge in [0.15, 0.2) is 0 Å². The van der Waals surface area contributed by atoms with Crippen molar-refractivity contribution in [3.05, 3.63) is 17.5 Å². The van der Waals surface area contributed by atoms with Crippen molar-refractivity contribution in [1.82, 2.24) is 9.97 Å². The van der Waals surface area contributed by atoms with Crippen molar-refractivity contribution in [2.24, 2.45) is 0 Å². The number of hydrogen-bond acceptors (Lipinski definition) is 2. The Morgan fingerprint density at radius 2 is 2.11 bits per heavy atom. The maximum absolute atomic E-state index is 4.26. The predicted octanol–water partition coefficient (Wildman–Crippen LogP) is 0.000340. The second kappa shape index (κ2) is 3.09. The first-order valence-electron chi connectivity index (χ1n) is 2.97. The normalized spacial score (nSPS) is 9.44. The first-order chi connectivity index (χ1) is 4.20. The number of hydrogen-bond donors (Lipinski definition) is 0. The summed E-state index contributed by atoms with van der Waals surface area (Å²) in [6.07, 6.45) is 1.90. The van der Waals surface area contributed by atoms with Crippen LogP contribution in [0.5, 0.6) is 0 Å². The summed E-state index contributed by atoms with van der Waals surface area (Å²) in [6, 6.07) is 0. The molecule has 2 nitrogen and oxygen atoms in total. The van der Waals surface area contributed by atoms with Gasteiger partial charge in [0, 0.05) is 0 Å². The third-order valence-corrected chi connectivity index (χ3v) is 3.33. The van der Waals surface area contributed by atoms with Gasteiger partial charge in [-0.3, -0.25) is 0 Å². The summed E-state index contributed by atoms with van der Waals surface area (Å²) in [7, 11) is 0. The van der Waals surface area contributed by atoms with Gasteiger partial charge in [-0.05, 0) is 0 Å². The van der Waals surface area contributed by atoms with E-state index in [2.05, 4.69) is 9.97 Å². The van der Waals surface area contributed by atoms with E-state index in [1.807, 2.05) is 20.0 Å². The summed E-state index contributed by atoms with van der Waals surface area (Å²) >= 11 is 0.329. The van der Waals surface area contributed by atoms with E-state index in [9.17, 15) is 0 Å². The van der Waals surface area contributed by atoms with Crippen molar-refractivity contribution in [3.8, 4) is 0 Å². The molecule has 44 valence electrons. The van der Waals surface area contributed by atoms with Crippen molar-refractivity contribution < 1.29 is 42.8 Å². The molecule has 3 heteroatoms. The van der Waals surface area contributed by atoms with Crippen molar-refractivity contribution in [3.63, 3.8) is 0 Å². The fraction of sp³-hybridized carbons (Fsp3) is 0.333. The summed E-state index contributed by atoms with van der Waals surface area (Å²) < 4.78 is 1.08. The van der Waals surface area contributed by atoms with Gasteiger partial charge in [0.1, 0.15) is 0 Å². The van der Waals surface area contributed by atoms with E-state index < -0.39 is 0 Å². The summed E-state index contributed by atoms with van der Waals surface area (Å²) in [5.41, 5.74) is 2.32. The fourth-order valence-corrected chi connectivity index (χ4v) is 2.55. The van der Waals surface area contributed by atoms with Gasteiger partial charge in [0.25, 0.3) is 0 Å². The van der Waals surface area contributed by atoms with Gasteiger partial charge < -0.3 is 0 Å². The topological polar surface area (TPSA) is 25.8 Å². The standard InChI is InChI=1S/C6H7N2.Ra.H/c1-5-3-7-4-8-6(5)2;;/h3H,1-2H3;;. The monoisotopic (exact) mass is 334 g/mol. The van der Waals surface area contributed by atoms with Crippen LogP contribution in [-0.2, 0) is 0 Å². The second-order valence-corrected chi connectivity index (χ2v) is 5.86. The molecule has 0 aromatic carbocycles. The van der Waals surface area contributed by atoms with Gasteiger partial charge in [-0.25, -0.2) is 0 Å². The van der Waals surface area contributed by atoms with E-state index >= 15 is 0 Å². The van der Waals surface area contributed by atoms with Crippen LogP contribution in [0.3, 0.4) is 0 Å². The molecular weight excluding hydrogens is 326 g/mol. The number of aromatic nitrogens is 2. The zero-order valence-electron chi connectivity index (χ0n) is 5.97. The molecule has 0 aliphatic carbocycles. The molecule has 0 amide bonds. The van der Waals surface area contributed by atoms with Crippen LogP contribution in [0, 0.1) is 56.6 Å². The quantitative estimate of drug-likeness (QED) is 0.668. The summed E-state index contributed by atoms with van der Waals surface area (Å²) in [4.78, 5) is 8.39. The average molecular weight is 334 g/mol. The second-order valence-electron chi connectivity index (χ2n) is 2.19. The Balaban J connectivity index is 3.17. The molecule has 0 fully saturated rings. The Hall–Kier alpha value is 0.548. The van der Waals surface area contributed by atoms with Crippen molar-refractivity contribution in [2.45, 2.75) is 13.8 Å². The molecule has 1 rings (SSSR count). The van der Waals surface area contributed by atoms with Crippen LogP contribution < -0.4 is 0.865 Å². The molecule has 1 aromatic rings. The van der Waals surface area contributed by atoms with E-state index in [-0.39, 0.29) is 0 Å². The van der Waals surface area contributed by atoms with Crippen LogP contribution in [0.1, 0.15) is 11.3 Å². The molecule has 0 radical (unpaired) electrons. The first kappa shape index (κ1) is 7.65. The molecule has 0 spiro atoms. The molecule has 1 aromatic heterocycles. The summed E-state index contributed by atoms with van der Waals surface area (Å²) in [5.74, 6) is 0. The Labute approximate surface area is 83.9 Å². The predicted molar refractivity (Wildman–Crippen MR) is 32.5 cm³/mol. The summed E-state index contributed by atoms with van der Waals surface area (Å²) in [5, 5.41) is 0. The molecular formula is C6H8N2Ra. The van der Waals surface area contributed by atoms with Crippen LogP contribution in [0.15, 0.2) is 6.20 Å². The third-order valence-electron chi connectivity index (χ3n) is 1.35. The molecule has 0 saturated carbocycles. The Bertz CT molecular complexity index is 222. The molecule has 0 aliphatic heterocycles. The zero-order chi connectivity index (χ0) is 6.85. The van der Waals surface area contributed by atoms with E-state index in [0.29, 0.717) is 42.8 Å². The molecule has 0 aliphatic rings. The van der Waals surface area contributed by atoms with Gasteiger partial charge in [0.2, 0.25) is 0 Å². The Kier molecular flexibility index (Phi) is 2.63. The molecule has 0 atom stereocenters. The van der Waals surface area contributed by atoms with Crippen molar-refractivity contribution in [1.29, 1.82) is 0 Å². The van der Waals surface area contributed by atoms with Gasteiger partial charge in [-0.2, -0.15) is 0 Å². The average Bonchev–Trinajstić information content (AvgIpc) is 1.80. The SMILES string of the molecule is Cc1cn[c]([RaH])nc1C. The number of aryl methyl sites for hydroxylation is 2. The minimum atomic E-state index is 0.329. The molecule has 0 unspecified atom stereocenters. The molecule has 0 N–H and O–H groups in total. The van der Waals surface area contributed by atoms with Crippen LogP contribution in [0.2, 0.25) is 0 Å². The fourth-order valence-electron chi connectivity index (χ4n) is 0.643. The minimum absolute atomic E-state index is 0.329. The first-order valence-corrected chi connectivity index (χ1v) is 7.08. The zero-order valence-corrected chi connectivity index (χ0v) is 14.2. The van der Waals surface area contributed by atoms with Crippen LogP contribution in [0.25, 0.3) is 0 Å². The van der Waals surface area contributed by atoms with Crippen molar-refractivity contribution >= 4 is 0.865 Å². The Morgan fingerprint density at radius 3 is 2.56 bits per heavy atom. The van der Waals surface area contributed by atoms with E-state index in [1.165, 1.54) is 5.56 Å². The van der Waals surface area contributed by atoms with E-state index in [1.54, 1.807) is 0 Å². The number of rotatable bonds is 0.